The van der Waals surface area contributed by atoms with Gasteiger partial charge in [-0.25, -0.2) is 4.98 Å². The summed E-state index contributed by atoms with van der Waals surface area (Å²) in [4.78, 5) is 5.32. The number of nitrogens with zero attached hydrogens (tertiary/aromatic N) is 1. The summed E-state index contributed by atoms with van der Waals surface area (Å²) >= 11 is 14.4. The number of anilines is 2. The maximum absolute atomic E-state index is 6.66. The Labute approximate surface area is 173 Å². The van der Waals surface area contributed by atoms with Gasteiger partial charge in [0.1, 0.15) is 11.6 Å². The molecule has 0 bridgehead atoms. The van der Waals surface area contributed by atoms with Crippen molar-refractivity contribution in [2.75, 3.05) is 19.0 Å². The topological polar surface area (TPSA) is 43.4 Å². The zero-order valence-electron chi connectivity index (χ0n) is 14.8. The van der Waals surface area contributed by atoms with Gasteiger partial charge in [-0.05, 0) is 36.8 Å². The van der Waals surface area contributed by atoms with Gasteiger partial charge in [0, 0.05) is 28.7 Å². The first-order chi connectivity index (χ1) is 13.1. The molecule has 27 heavy (non-hydrogen) atoms. The van der Waals surface area contributed by atoms with E-state index in [0.29, 0.717) is 33.8 Å². The van der Waals surface area contributed by atoms with E-state index in [4.69, 9.17) is 32.1 Å². The first kappa shape index (κ1) is 19.8. The summed E-state index contributed by atoms with van der Waals surface area (Å²) in [6, 6.07) is 15.4. The number of hydrogen-bond donors (Lipinski definition) is 1. The fourth-order valence-electron chi connectivity index (χ4n) is 2.52. The van der Waals surface area contributed by atoms with Crippen LogP contribution in [-0.4, -0.2) is 18.7 Å². The number of hydrogen-bond acceptors (Lipinski definition) is 5. The van der Waals surface area contributed by atoms with E-state index in [0.717, 1.165) is 16.1 Å². The van der Waals surface area contributed by atoms with Crippen molar-refractivity contribution in [1.82, 2.24) is 4.98 Å². The molecule has 0 unspecified atom stereocenters. The summed E-state index contributed by atoms with van der Waals surface area (Å²) < 4.78 is 10.8. The Morgan fingerprint density at radius 2 is 1.93 bits per heavy atom. The van der Waals surface area contributed by atoms with Gasteiger partial charge >= 0.3 is 0 Å². The lowest BCUT2D eigenvalue weighted by atomic mass is 10.1. The quantitative estimate of drug-likeness (QED) is 0.423. The number of benzene rings is 2. The molecule has 1 heterocycles. The molecule has 0 radical (unpaired) electrons. The van der Waals surface area contributed by atoms with Crippen LogP contribution in [-0.2, 0) is 4.18 Å². The number of pyridine rings is 1. The van der Waals surface area contributed by atoms with E-state index in [2.05, 4.69) is 10.3 Å². The number of ether oxygens (including phenoxy) is 1. The van der Waals surface area contributed by atoms with Crippen molar-refractivity contribution in [3.63, 3.8) is 0 Å². The summed E-state index contributed by atoms with van der Waals surface area (Å²) in [7, 11) is 1.62. The molecule has 0 amide bonds. The Morgan fingerprint density at radius 3 is 2.70 bits per heavy atom. The van der Waals surface area contributed by atoms with Crippen molar-refractivity contribution in [1.29, 1.82) is 0 Å². The number of aromatic nitrogens is 1. The highest BCUT2D eigenvalue weighted by atomic mass is 35.5. The Morgan fingerprint density at radius 1 is 1.11 bits per heavy atom. The summed E-state index contributed by atoms with van der Waals surface area (Å²) in [5.74, 6) is 1.20. The fraction of sp³-hybridized carbons (Fsp3) is 0.150. The van der Waals surface area contributed by atoms with Crippen molar-refractivity contribution in [2.45, 2.75) is 11.8 Å². The molecule has 3 aromatic rings. The molecule has 0 aliphatic rings. The number of halogens is 2. The van der Waals surface area contributed by atoms with E-state index in [1.807, 2.05) is 55.5 Å². The van der Waals surface area contributed by atoms with Gasteiger partial charge in [-0.1, -0.05) is 47.5 Å². The normalized spacial score (nSPS) is 10.7. The average Bonchev–Trinajstić information content (AvgIpc) is 2.69. The van der Waals surface area contributed by atoms with Gasteiger partial charge in [0.25, 0.3) is 0 Å². The largest absolute Gasteiger partial charge is 0.495 e. The second kappa shape index (κ2) is 9.33. The van der Waals surface area contributed by atoms with Gasteiger partial charge in [0.2, 0.25) is 0 Å². The van der Waals surface area contributed by atoms with Crippen LogP contribution in [0, 0.1) is 0 Å². The van der Waals surface area contributed by atoms with Crippen LogP contribution in [0.15, 0.2) is 59.6 Å². The molecule has 7 heteroatoms. The lowest BCUT2D eigenvalue weighted by Gasteiger charge is -2.15. The summed E-state index contributed by atoms with van der Waals surface area (Å²) in [6.07, 6.45) is 1.59. The number of para-hydroxylation sites is 2. The van der Waals surface area contributed by atoms with Crippen LogP contribution >= 0.6 is 35.2 Å². The molecular formula is C20H18Cl2N2O2S. The maximum atomic E-state index is 6.66. The fourth-order valence-corrected chi connectivity index (χ4v) is 3.69. The average molecular weight is 421 g/mol. The highest BCUT2D eigenvalue weighted by Crippen LogP contribution is 2.40. The number of rotatable bonds is 7. The van der Waals surface area contributed by atoms with Crippen LogP contribution in [0.1, 0.15) is 6.92 Å². The number of nitrogens with one attached hydrogen (secondary N) is 1. The van der Waals surface area contributed by atoms with Crippen LogP contribution < -0.4 is 10.1 Å². The van der Waals surface area contributed by atoms with Crippen molar-refractivity contribution >= 4 is 46.7 Å². The molecule has 0 atom stereocenters. The third kappa shape index (κ3) is 4.68. The minimum absolute atomic E-state index is 0.437. The molecule has 2 aromatic carbocycles. The SMILES string of the molecule is CCOSc1cccc(-c2c(Cl)cnc(Nc3ccccc3OC)c2Cl)c1. The van der Waals surface area contributed by atoms with E-state index in [9.17, 15) is 0 Å². The highest BCUT2D eigenvalue weighted by molar-refractivity contribution is 7.94. The third-order valence-corrected chi connectivity index (χ3v) is 5.18. The van der Waals surface area contributed by atoms with Crippen LogP contribution in [0.5, 0.6) is 5.75 Å². The van der Waals surface area contributed by atoms with Gasteiger partial charge in [0.05, 0.1) is 29.4 Å². The van der Waals surface area contributed by atoms with Crippen LogP contribution in [0.3, 0.4) is 0 Å². The van der Waals surface area contributed by atoms with E-state index in [1.165, 1.54) is 12.0 Å². The molecule has 0 saturated heterocycles. The van der Waals surface area contributed by atoms with Gasteiger partial charge in [-0.2, -0.15) is 0 Å². The highest BCUT2D eigenvalue weighted by Gasteiger charge is 2.16. The van der Waals surface area contributed by atoms with Crippen molar-refractivity contribution in [3.8, 4) is 16.9 Å². The van der Waals surface area contributed by atoms with E-state index < -0.39 is 0 Å². The maximum Gasteiger partial charge on any atom is 0.150 e. The van der Waals surface area contributed by atoms with Gasteiger partial charge in [-0.3, -0.25) is 0 Å². The second-order valence-corrected chi connectivity index (χ2v) is 7.15. The molecule has 0 fully saturated rings. The van der Waals surface area contributed by atoms with E-state index in [1.54, 1.807) is 13.3 Å². The van der Waals surface area contributed by atoms with Crippen LogP contribution in [0.25, 0.3) is 11.1 Å². The van der Waals surface area contributed by atoms with Crippen molar-refractivity contribution in [2.24, 2.45) is 0 Å². The summed E-state index contributed by atoms with van der Waals surface area (Å²) in [5, 5.41) is 4.13. The smallest absolute Gasteiger partial charge is 0.150 e. The molecule has 0 aliphatic carbocycles. The molecule has 1 aromatic heterocycles. The zero-order valence-corrected chi connectivity index (χ0v) is 17.2. The van der Waals surface area contributed by atoms with Gasteiger partial charge < -0.3 is 14.2 Å². The first-order valence-corrected chi connectivity index (χ1v) is 9.77. The minimum Gasteiger partial charge on any atom is -0.495 e. The predicted octanol–water partition coefficient (Wildman–Crippen LogP) is 6.85. The lowest BCUT2D eigenvalue weighted by Crippen LogP contribution is -1.98. The lowest BCUT2D eigenvalue weighted by molar-refractivity contribution is 0.402. The van der Waals surface area contributed by atoms with Gasteiger partial charge in [-0.15, -0.1) is 0 Å². The molecule has 3 rings (SSSR count). The zero-order chi connectivity index (χ0) is 19.2. The second-order valence-electron chi connectivity index (χ2n) is 5.49. The summed E-state index contributed by atoms with van der Waals surface area (Å²) in [5.41, 5.74) is 2.37. The molecule has 4 nitrogen and oxygen atoms in total. The van der Waals surface area contributed by atoms with Crippen molar-refractivity contribution in [3.05, 3.63) is 64.8 Å². The number of methoxy groups -OCH3 is 1. The summed E-state index contributed by atoms with van der Waals surface area (Å²) in [6.45, 7) is 2.57. The van der Waals surface area contributed by atoms with E-state index in [-0.39, 0.29) is 0 Å². The Kier molecular flexibility index (Phi) is 6.85. The molecule has 1 N–H and O–H groups in total. The molecule has 0 aliphatic heterocycles. The predicted molar refractivity (Wildman–Crippen MR) is 113 cm³/mol. The standard InChI is InChI=1S/C20H18Cl2N2O2S/c1-3-26-27-14-8-6-7-13(11-14)18-15(21)12-23-20(19(18)22)24-16-9-4-5-10-17(16)25-2/h4-12H,3H2,1-2H3,(H,23,24). The Hall–Kier alpha value is -1.92. The van der Waals surface area contributed by atoms with Crippen LogP contribution in [0.2, 0.25) is 10.0 Å². The molecular weight excluding hydrogens is 403 g/mol. The monoisotopic (exact) mass is 420 g/mol. The third-order valence-electron chi connectivity index (χ3n) is 3.73. The van der Waals surface area contributed by atoms with Gasteiger partial charge in [0.15, 0.2) is 0 Å². The Balaban J connectivity index is 1.99. The first-order valence-electron chi connectivity index (χ1n) is 8.28. The molecule has 0 saturated carbocycles. The minimum atomic E-state index is 0.437. The molecule has 140 valence electrons. The van der Waals surface area contributed by atoms with Crippen molar-refractivity contribution < 1.29 is 8.92 Å². The molecule has 0 spiro atoms. The Bertz CT molecular complexity index is 938. The van der Waals surface area contributed by atoms with Crippen LogP contribution in [0.4, 0.5) is 11.5 Å². The van der Waals surface area contributed by atoms with E-state index >= 15 is 0 Å².